The van der Waals surface area contributed by atoms with Gasteiger partial charge < -0.3 is 20.3 Å². The van der Waals surface area contributed by atoms with E-state index in [1.807, 2.05) is 0 Å². The highest BCUT2D eigenvalue weighted by atomic mass is 16.5. The Morgan fingerprint density at radius 3 is 2.56 bits per heavy atom. The van der Waals surface area contributed by atoms with Crippen LogP contribution >= 0.6 is 0 Å². The van der Waals surface area contributed by atoms with Gasteiger partial charge in [-0.3, -0.25) is 0 Å². The van der Waals surface area contributed by atoms with Crippen LogP contribution in [-0.2, 0) is 4.74 Å². The Morgan fingerprint density at radius 1 is 1.22 bits per heavy atom. The number of nitrogens with zero attached hydrogens (tertiary/aromatic N) is 2. The molecule has 2 saturated heterocycles. The first kappa shape index (κ1) is 14.3. The van der Waals surface area contributed by atoms with Crippen LogP contribution in [0, 0.1) is 5.92 Å². The number of hydrogen-bond donors (Lipinski definition) is 1. The van der Waals surface area contributed by atoms with E-state index in [2.05, 4.69) is 16.7 Å². The third-order valence-corrected chi connectivity index (χ3v) is 4.23. The van der Waals surface area contributed by atoms with E-state index in [-0.39, 0.29) is 0 Å². The van der Waals surface area contributed by atoms with Gasteiger partial charge in [0.05, 0.1) is 6.10 Å². The molecular weight excluding hydrogens is 226 g/mol. The average Bonchev–Trinajstić information content (AvgIpc) is 2.91. The Kier molecular flexibility index (Phi) is 5.89. The van der Waals surface area contributed by atoms with Crippen molar-refractivity contribution in [3.8, 4) is 0 Å². The fourth-order valence-electron chi connectivity index (χ4n) is 2.91. The highest BCUT2D eigenvalue weighted by Gasteiger charge is 2.20. The molecule has 0 spiro atoms. The molecule has 4 nitrogen and oxygen atoms in total. The first-order chi connectivity index (χ1) is 8.78. The quantitative estimate of drug-likeness (QED) is 0.761. The molecule has 0 aromatic carbocycles. The SMILES string of the molecule is CC(CN)CN1CCN(CCC2CCCO2)CC1. The zero-order valence-electron chi connectivity index (χ0n) is 11.8. The molecule has 2 N–H and O–H groups in total. The Bertz CT molecular complexity index is 223. The lowest BCUT2D eigenvalue weighted by Crippen LogP contribution is -2.48. The Morgan fingerprint density at radius 2 is 1.94 bits per heavy atom. The molecule has 0 radical (unpaired) electrons. The summed E-state index contributed by atoms with van der Waals surface area (Å²) in [6.07, 6.45) is 4.29. The molecule has 18 heavy (non-hydrogen) atoms. The molecule has 0 bridgehead atoms. The normalized spacial score (nSPS) is 28.7. The Balaban J connectivity index is 1.58. The van der Waals surface area contributed by atoms with E-state index in [0.29, 0.717) is 12.0 Å². The minimum atomic E-state index is 0.542. The number of hydrogen-bond acceptors (Lipinski definition) is 4. The lowest BCUT2D eigenvalue weighted by atomic mass is 10.1. The van der Waals surface area contributed by atoms with Gasteiger partial charge in [-0.25, -0.2) is 0 Å². The second-order valence-electron chi connectivity index (χ2n) is 5.91. The molecule has 2 unspecified atom stereocenters. The summed E-state index contributed by atoms with van der Waals surface area (Å²) in [5.41, 5.74) is 5.68. The number of ether oxygens (including phenoxy) is 1. The van der Waals surface area contributed by atoms with Gasteiger partial charge in [-0.05, 0) is 31.7 Å². The summed E-state index contributed by atoms with van der Waals surface area (Å²) < 4.78 is 5.68. The van der Waals surface area contributed by atoms with Crippen LogP contribution in [-0.4, -0.2) is 68.3 Å². The first-order valence-corrected chi connectivity index (χ1v) is 7.54. The molecule has 0 aromatic rings. The van der Waals surface area contributed by atoms with Crippen LogP contribution in [0.2, 0.25) is 0 Å². The van der Waals surface area contributed by atoms with Crippen molar-refractivity contribution in [2.24, 2.45) is 11.7 Å². The standard InChI is InChI=1S/C14H29N3O/c1-13(11-15)12-17-8-6-16(7-9-17)5-4-14-3-2-10-18-14/h13-14H,2-12,15H2,1H3. The van der Waals surface area contributed by atoms with Gasteiger partial charge in [0.15, 0.2) is 0 Å². The first-order valence-electron chi connectivity index (χ1n) is 7.54. The third kappa shape index (κ3) is 4.50. The van der Waals surface area contributed by atoms with Crippen LogP contribution in [0.1, 0.15) is 26.2 Å². The molecule has 0 saturated carbocycles. The summed E-state index contributed by atoms with van der Waals surface area (Å²) in [6.45, 7) is 11.2. The summed E-state index contributed by atoms with van der Waals surface area (Å²) in [7, 11) is 0. The topological polar surface area (TPSA) is 41.7 Å². The summed E-state index contributed by atoms with van der Waals surface area (Å²) in [5, 5.41) is 0. The maximum atomic E-state index is 5.68. The molecule has 2 heterocycles. The predicted molar refractivity (Wildman–Crippen MR) is 74.7 cm³/mol. The van der Waals surface area contributed by atoms with Gasteiger partial charge in [0, 0.05) is 45.9 Å². The Labute approximate surface area is 111 Å². The minimum absolute atomic E-state index is 0.542. The van der Waals surface area contributed by atoms with E-state index in [9.17, 15) is 0 Å². The van der Waals surface area contributed by atoms with Gasteiger partial charge in [0.1, 0.15) is 0 Å². The van der Waals surface area contributed by atoms with Crippen LogP contribution in [0.5, 0.6) is 0 Å². The van der Waals surface area contributed by atoms with Crippen molar-refractivity contribution in [2.45, 2.75) is 32.3 Å². The maximum Gasteiger partial charge on any atom is 0.0588 e. The second kappa shape index (κ2) is 7.43. The number of piperazine rings is 1. The van der Waals surface area contributed by atoms with Crippen molar-refractivity contribution in [1.29, 1.82) is 0 Å². The molecule has 106 valence electrons. The van der Waals surface area contributed by atoms with E-state index < -0.39 is 0 Å². The van der Waals surface area contributed by atoms with Gasteiger partial charge in [-0.1, -0.05) is 6.92 Å². The van der Waals surface area contributed by atoms with Crippen molar-refractivity contribution in [3.63, 3.8) is 0 Å². The largest absolute Gasteiger partial charge is 0.378 e. The van der Waals surface area contributed by atoms with Gasteiger partial charge >= 0.3 is 0 Å². The molecule has 2 aliphatic heterocycles. The van der Waals surface area contributed by atoms with Gasteiger partial charge in [-0.2, -0.15) is 0 Å². The molecule has 4 heteroatoms. The van der Waals surface area contributed by atoms with E-state index in [1.165, 1.54) is 52.0 Å². The summed E-state index contributed by atoms with van der Waals surface area (Å²) >= 11 is 0. The molecule has 2 fully saturated rings. The molecule has 0 aliphatic carbocycles. The average molecular weight is 255 g/mol. The monoisotopic (exact) mass is 255 g/mol. The molecule has 2 atom stereocenters. The van der Waals surface area contributed by atoms with Crippen LogP contribution in [0.3, 0.4) is 0 Å². The second-order valence-corrected chi connectivity index (χ2v) is 5.91. The van der Waals surface area contributed by atoms with Crippen molar-refractivity contribution >= 4 is 0 Å². The smallest absolute Gasteiger partial charge is 0.0588 e. The zero-order valence-corrected chi connectivity index (χ0v) is 11.8. The van der Waals surface area contributed by atoms with Crippen LogP contribution in [0.4, 0.5) is 0 Å². The molecule has 0 amide bonds. The van der Waals surface area contributed by atoms with Crippen LogP contribution in [0.25, 0.3) is 0 Å². The minimum Gasteiger partial charge on any atom is -0.378 e. The van der Waals surface area contributed by atoms with Crippen molar-refractivity contribution < 1.29 is 4.74 Å². The lowest BCUT2D eigenvalue weighted by molar-refractivity contribution is 0.0750. The van der Waals surface area contributed by atoms with Crippen LogP contribution < -0.4 is 5.73 Å². The zero-order chi connectivity index (χ0) is 12.8. The van der Waals surface area contributed by atoms with E-state index in [1.54, 1.807) is 0 Å². The summed E-state index contributed by atoms with van der Waals surface area (Å²) in [4.78, 5) is 5.14. The van der Waals surface area contributed by atoms with Crippen LogP contribution in [0.15, 0.2) is 0 Å². The molecule has 2 aliphatic rings. The lowest BCUT2D eigenvalue weighted by Gasteiger charge is -2.36. The fraction of sp³-hybridized carbons (Fsp3) is 1.00. The van der Waals surface area contributed by atoms with Crippen molar-refractivity contribution in [2.75, 3.05) is 52.4 Å². The highest BCUT2D eigenvalue weighted by Crippen LogP contribution is 2.16. The third-order valence-electron chi connectivity index (χ3n) is 4.23. The molecule has 0 aromatic heterocycles. The number of nitrogens with two attached hydrogens (primary N) is 1. The van der Waals surface area contributed by atoms with E-state index >= 15 is 0 Å². The van der Waals surface area contributed by atoms with Gasteiger partial charge in [0.25, 0.3) is 0 Å². The summed E-state index contributed by atoms with van der Waals surface area (Å²) in [6, 6.07) is 0. The maximum absolute atomic E-state index is 5.68. The van der Waals surface area contributed by atoms with Gasteiger partial charge in [-0.15, -0.1) is 0 Å². The highest BCUT2D eigenvalue weighted by molar-refractivity contribution is 4.75. The van der Waals surface area contributed by atoms with Crippen molar-refractivity contribution in [3.05, 3.63) is 0 Å². The Hall–Kier alpha value is -0.160. The fourth-order valence-corrected chi connectivity index (χ4v) is 2.91. The van der Waals surface area contributed by atoms with Crippen molar-refractivity contribution in [1.82, 2.24) is 9.80 Å². The molecular formula is C14H29N3O. The van der Waals surface area contributed by atoms with Gasteiger partial charge in [0.2, 0.25) is 0 Å². The predicted octanol–water partition coefficient (Wildman–Crippen LogP) is 0.768. The number of rotatable bonds is 6. The molecule has 2 rings (SSSR count). The summed E-state index contributed by atoms with van der Waals surface area (Å²) in [5.74, 6) is 0.628. The van der Waals surface area contributed by atoms with E-state index in [0.717, 1.165) is 19.7 Å². The van der Waals surface area contributed by atoms with E-state index in [4.69, 9.17) is 10.5 Å².